The Morgan fingerprint density at radius 3 is 2.37 bits per heavy atom. The Kier molecular flexibility index (Phi) is 5.46. The molecule has 0 amide bonds. The molecule has 0 bridgehead atoms. The van der Waals surface area contributed by atoms with Crippen molar-refractivity contribution in [1.82, 2.24) is 9.62 Å². The first-order valence-electron chi connectivity index (χ1n) is 7.98. The molecule has 2 fully saturated rings. The molecule has 1 heterocycles. The second-order valence-electron chi connectivity index (χ2n) is 7.82. The van der Waals surface area contributed by atoms with Crippen molar-refractivity contribution < 1.29 is 0 Å². The first-order valence-corrected chi connectivity index (χ1v) is 18.6. The van der Waals surface area contributed by atoms with Gasteiger partial charge in [0.2, 0.25) is 0 Å². The molecule has 1 unspecified atom stereocenters. The van der Waals surface area contributed by atoms with Gasteiger partial charge >= 0.3 is 125 Å². The average Bonchev–Trinajstić information content (AvgIpc) is 2.61. The van der Waals surface area contributed by atoms with E-state index in [1.165, 1.54) is 38.8 Å². The van der Waals surface area contributed by atoms with Crippen LogP contribution in [0.1, 0.15) is 25.7 Å². The van der Waals surface area contributed by atoms with Gasteiger partial charge in [0, 0.05) is 0 Å². The van der Waals surface area contributed by atoms with Gasteiger partial charge in [-0.15, -0.1) is 0 Å². The summed E-state index contributed by atoms with van der Waals surface area (Å²) in [5, 5.41) is 0. The maximum absolute atomic E-state index is 2.62. The van der Waals surface area contributed by atoms with Crippen LogP contribution >= 0.6 is 0 Å². The summed E-state index contributed by atoms with van der Waals surface area (Å²) >= 11 is -1.66. The van der Waals surface area contributed by atoms with E-state index in [9.17, 15) is 0 Å². The molecule has 0 aromatic rings. The summed E-state index contributed by atoms with van der Waals surface area (Å²) in [6.45, 7) is 2.99. The molecule has 19 heavy (non-hydrogen) atoms. The summed E-state index contributed by atoms with van der Waals surface area (Å²) in [7, 11) is 4.54. The molecule has 1 aliphatic heterocycles. The van der Waals surface area contributed by atoms with E-state index >= 15 is 0 Å². The van der Waals surface area contributed by atoms with Gasteiger partial charge in [0.1, 0.15) is 0 Å². The second-order valence-corrected chi connectivity index (χ2v) is 23.6. The van der Waals surface area contributed by atoms with Gasteiger partial charge in [-0.1, -0.05) is 0 Å². The molecule has 0 aromatic heterocycles. The van der Waals surface area contributed by atoms with E-state index in [0.717, 1.165) is 5.92 Å². The normalized spacial score (nSPS) is 29.4. The van der Waals surface area contributed by atoms with Gasteiger partial charge in [-0.2, -0.15) is 0 Å². The molecule has 0 radical (unpaired) electrons. The number of nitrogens with zero attached hydrogens (tertiary/aromatic N) is 2. The molecule has 0 N–H and O–H groups in total. The predicted octanol–water partition coefficient (Wildman–Crippen LogP) is 3.35. The van der Waals surface area contributed by atoms with Crippen LogP contribution in [0.5, 0.6) is 0 Å². The first-order chi connectivity index (χ1) is 8.87. The van der Waals surface area contributed by atoms with Gasteiger partial charge in [-0.25, -0.2) is 0 Å². The second kappa shape index (κ2) is 6.53. The number of rotatable bonds is 3. The van der Waals surface area contributed by atoms with Crippen molar-refractivity contribution in [1.29, 1.82) is 0 Å². The summed E-state index contributed by atoms with van der Waals surface area (Å²) in [5.41, 5.74) is 1.79. The van der Waals surface area contributed by atoms with E-state index in [-0.39, 0.29) is 0 Å². The zero-order valence-corrected chi connectivity index (χ0v) is 16.4. The van der Waals surface area contributed by atoms with Gasteiger partial charge in [-0.05, 0) is 0 Å². The summed E-state index contributed by atoms with van der Waals surface area (Å²) in [4.78, 5) is 12.8. The van der Waals surface area contributed by atoms with Gasteiger partial charge in [-0.3, -0.25) is 0 Å². The summed E-state index contributed by atoms with van der Waals surface area (Å²) in [6, 6.07) is 0. The Hall–Kier alpha value is 0.524. The maximum atomic E-state index is 2.62. The molecule has 1 saturated carbocycles. The minimum absolute atomic E-state index is 0.561. The van der Waals surface area contributed by atoms with Crippen LogP contribution in [0.25, 0.3) is 0 Å². The molecular formula is C15H31BN2Sn. The minimum atomic E-state index is -1.66. The standard InChI is InChI=1S/C12H22BN2.3CH3.Sn/c1-11-6-4-5-7-12(11)10-13-14(2)8-9-15(13)3;;;;/h10-11H,1,4-9H2,2-3H3;3*1H3;. The Balaban J connectivity index is 2.10. The van der Waals surface area contributed by atoms with E-state index < -0.39 is 18.4 Å². The molecule has 2 rings (SSSR count). The topological polar surface area (TPSA) is 6.48 Å². The molecule has 1 aliphatic carbocycles. The Labute approximate surface area is 124 Å². The van der Waals surface area contributed by atoms with E-state index in [2.05, 4.69) is 44.5 Å². The summed E-state index contributed by atoms with van der Waals surface area (Å²) < 4.78 is 1.56. The van der Waals surface area contributed by atoms with Crippen LogP contribution in [0.3, 0.4) is 0 Å². The van der Waals surface area contributed by atoms with Crippen molar-refractivity contribution in [3.8, 4) is 0 Å². The molecule has 0 aromatic carbocycles. The van der Waals surface area contributed by atoms with Crippen molar-refractivity contribution in [3.05, 3.63) is 11.5 Å². The third-order valence-electron chi connectivity index (χ3n) is 4.72. The van der Waals surface area contributed by atoms with E-state index in [0.29, 0.717) is 6.98 Å². The quantitative estimate of drug-likeness (QED) is 0.705. The van der Waals surface area contributed by atoms with Crippen LogP contribution < -0.4 is 0 Å². The number of likely N-dealkylation sites (N-methyl/N-ethyl adjacent to an activating group) is 2. The van der Waals surface area contributed by atoms with Crippen LogP contribution in [-0.4, -0.2) is 62.2 Å². The Morgan fingerprint density at radius 2 is 1.79 bits per heavy atom. The van der Waals surface area contributed by atoms with Gasteiger partial charge in [0.05, 0.1) is 0 Å². The molecule has 0 spiro atoms. The van der Waals surface area contributed by atoms with Crippen LogP contribution in [-0.2, 0) is 0 Å². The predicted molar refractivity (Wildman–Crippen MR) is 89.2 cm³/mol. The van der Waals surface area contributed by atoms with Crippen molar-refractivity contribution in [2.45, 2.75) is 44.9 Å². The Bertz CT molecular complexity index is 328. The van der Waals surface area contributed by atoms with Gasteiger partial charge in [0.25, 0.3) is 0 Å². The molecule has 2 nitrogen and oxygen atoms in total. The van der Waals surface area contributed by atoms with E-state index in [1.807, 2.05) is 0 Å². The van der Waals surface area contributed by atoms with Crippen LogP contribution in [0.2, 0.25) is 19.3 Å². The number of hydrogen-bond donors (Lipinski definition) is 0. The van der Waals surface area contributed by atoms with Crippen molar-refractivity contribution in [2.24, 2.45) is 5.92 Å². The van der Waals surface area contributed by atoms with Crippen molar-refractivity contribution >= 4 is 25.4 Å². The zero-order chi connectivity index (χ0) is 14.0. The van der Waals surface area contributed by atoms with Crippen LogP contribution in [0.15, 0.2) is 11.5 Å². The molecule has 4 heteroatoms. The fourth-order valence-corrected chi connectivity index (χ4v) is 9.21. The fraction of sp³-hybridized carbons (Fsp3) is 0.867. The van der Waals surface area contributed by atoms with Gasteiger partial charge < -0.3 is 0 Å². The van der Waals surface area contributed by atoms with E-state index in [4.69, 9.17) is 0 Å². The van der Waals surface area contributed by atoms with Crippen LogP contribution in [0.4, 0.5) is 0 Å². The Morgan fingerprint density at radius 1 is 1.16 bits per heavy atom. The molecular weight excluding hydrogens is 338 g/mol. The third kappa shape index (κ3) is 4.50. The zero-order valence-electron chi connectivity index (χ0n) is 13.6. The summed E-state index contributed by atoms with van der Waals surface area (Å²) in [5.74, 6) is 3.54. The third-order valence-corrected chi connectivity index (χ3v) is 9.62. The monoisotopic (exact) mass is 370 g/mol. The van der Waals surface area contributed by atoms with Crippen molar-refractivity contribution in [2.75, 3.05) is 27.2 Å². The van der Waals surface area contributed by atoms with Gasteiger partial charge in [0.15, 0.2) is 0 Å². The molecule has 2 aliphatic rings. The molecule has 108 valence electrons. The number of allylic oxidation sites excluding steroid dienone is 1. The first kappa shape index (κ1) is 15.9. The molecule has 1 atom stereocenters. The fourth-order valence-electron chi connectivity index (χ4n) is 3.66. The number of hydrogen-bond acceptors (Lipinski definition) is 2. The van der Waals surface area contributed by atoms with E-state index in [1.54, 1.807) is 10.0 Å². The van der Waals surface area contributed by atoms with Crippen molar-refractivity contribution in [3.63, 3.8) is 0 Å². The summed E-state index contributed by atoms with van der Waals surface area (Å²) in [6.07, 6.45) is 5.70. The van der Waals surface area contributed by atoms with Crippen LogP contribution in [0, 0.1) is 5.92 Å². The molecule has 1 saturated heterocycles. The SMILES string of the molecule is CN1CCN(C)B1C=C1CCCCC1[CH2][Sn]([CH3])([CH3])[CH3]. The average molecular weight is 369 g/mol.